The molecule has 0 saturated carbocycles. The van der Waals surface area contributed by atoms with Crippen molar-refractivity contribution in [1.29, 1.82) is 0 Å². The number of aromatic nitrogens is 1. The van der Waals surface area contributed by atoms with E-state index >= 15 is 0 Å². The molecule has 0 aliphatic rings. The number of ether oxygens (including phenoxy) is 1. The number of para-hydroxylation sites is 1. The molecular weight excluding hydrogens is 166 g/mol. The molecule has 1 aromatic carbocycles. The molecule has 0 radical (unpaired) electrons. The van der Waals surface area contributed by atoms with Crippen molar-refractivity contribution in [2.45, 2.75) is 0 Å². The fourth-order valence-corrected chi connectivity index (χ4v) is 1.22. The molecule has 0 amide bonds. The summed E-state index contributed by atoms with van der Waals surface area (Å²) in [6.07, 6.45) is 1.61. The third-order valence-electron chi connectivity index (χ3n) is 1.78. The monoisotopic (exact) mass is 173 g/mol. The van der Waals surface area contributed by atoms with Gasteiger partial charge < -0.3 is 4.74 Å². The zero-order valence-corrected chi connectivity index (χ0v) is 6.81. The number of hydrogen-bond acceptors (Lipinski definition) is 3. The Balaban J connectivity index is 2.68. The first kappa shape index (κ1) is 7.73. The second-order valence-electron chi connectivity index (χ2n) is 2.54. The van der Waals surface area contributed by atoms with Gasteiger partial charge in [0.25, 0.3) is 6.47 Å². The van der Waals surface area contributed by atoms with E-state index in [4.69, 9.17) is 4.74 Å². The standard InChI is InChI=1S/C10H7NO2/c12-7-13-10-5-6-11-9-4-2-1-3-8(9)10/h1-7H. The lowest BCUT2D eigenvalue weighted by Gasteiger charge is -2.01. The van der Waals surface area contributed by atoms with E-state index in [1.165, 1.54) is 0 Å². The van der Waals surface area contributed by atoms with Gasteiger partial charge in [-0.15, -0.1) is 0 Å². The van der Waals surface area contributed by atoms with Gasteiger partial charge in [0, 0.05) is 11.6 Å². The third-order valence-corrected chi connectivity index (χ3v) is 1.78. The van der Waals surface area contributed by atoms with Crippen molar-refractivity contribution in [2.75, 3.05) is 0 Å². The molecule has 0 unspecified atom stereocenters. The van der Waals surface area contributed by atoms with Crippen molar-refractivity contribution in [3.05, 3.63) is 36.5 Å². The Morgan fingerprint density at radius 3 is 2.92 bits per heavy atom. The predicted octanol–water partition coefficient (Wildman–Crippen LogP) is 1.77. The van der Waals surface area contributed by atoms with Crippen LogP contribution in [-0.2, 0) is 4.79 Å². The Morgan fingerprint density at radius 2 is 2.08 bits per heavy atom. The topological polar surface area (TPSA) is 39.2 Å². The third kappa shape index (κ3) is 1.36. The number of pyridine rings is 1. The highest BCUT2D eigenvalue weighted by atomic mass is 16.5. The van der Waals surface area contributed by atoms with Crippen molar-refractivity contribution < 1.29 is 9.53 Å². The van der Waals surface area contributed by atoms with Gasteiger partial charge in [0.05, 0.1) is 5.52 Å². The summed E-state index contributed by atoms with van der Waals surface area (Å²) < 4.78 is 4.80. The molecule has 2 aromatic rings. The van der Waals surface area contributed by atoms with E-state index in [0.717, 1.165) is 10.9 Å². The Morgan fingerprint density at radius 1 is 1.23 bits per heavy atom. The molecule has 0 aliphatic heterocycles. The van der Waals surface area contributed by atoms with Gasteiger partial charge in [0.1, 0.15) is 5.75 Å². The summed E-state index contributed by atoms with van der Waals surface area (Å²) in [7, 11) is 0. The molecule has 13 heavy (non-hydrogen) atoms. The maximum Gasteiger partial charge on any atom is 0.298 e. The van der Waals surface area contributed by atoms with E-state index in [0.29, 0.717) is 12.2 Å². The van der Waals surface area contributed by atoms with Gasteiger partial charge in [-0.25, -0.2) is 0 Å². The summed E-state index contributed by atoms with van der Waals surface area (Å²) in [6.45, 7) is 0.418. The summed E-state index contributed by atoms with van der Waals surface area (Å²) in [5.74, 6) is 0.542. The second-order valence-corrected chi connectivity index (χ2v) is 2.54. The van der Waals surface area contributed by atoms with Gasteiger partial charge in [0.2, 0.25) is 0 Å². The summed E-state index contributed by atoms with van der Waals surface area (Å²) >= 11 is 0. The molecule has 1 heterocycles. The molecule has 0 spiro atoms. The second kappa shape index (κ2) is 3.23. The first-order chi connectivity index (χ1) is 6.42. The zero-order chi connectivity index (χ0) is 9.10. The Hall–Kier alpha value is -1.90. The maximum absolute atomic E-state index is 10.2. The summed E-state index contributed by atoms with van der Waals surface area (Å²) in [5.41, 5.74) is 0.821. The Bertz CT molecular complexity index is 434. The zero-order valence-electron chi connectivity index (χ0n) is 6.81. The van der Waals surface area contributed by atoms with E-state index in [1.54, 1.807) is 12.3 Å². The Labute approximate surface area is 75.0 Å². The molecule has 0 aliphatic carbocycles. The highest BCUT2D eigenvalue weighted by Gasteiger charge is 2.00. The van der Waals surface area contributed by atoms with Gasteiger partial charge in [-0.1, -0.05) is 12.1 Å². The summed E-state index contributed by atoms with van der Waals surface area (Å²) in [4.78, 5) is 14.3. The molecule has 0 atom stereocenters. The molecule has 0 saturated heterocycles. The fourth-order valence-electron chi connectivity index (χ4n) is 1.22. The van der Waals surface area contributed by atoms with Crippen LogP contribution in [0, 0.1) is 0 Å². The normalized spacial score (nSPS) is 9.85. The predicted molar refractivity (Wildman–Crippen MR) is 48.4 cm³/mol. The molecular formula is C10H7NO2. The van der Waals surface area contributed by atoms with Crippen LogP contribution in [0.2, 0.25) is 0 Å². The van der Waals surface area contributed by atoms with Crippen LogP contribution < -0.4 is 4.74 Å². The number of carbonyl (C=O) groups excluding carboxylic acids is 1. The molecule has 2 rings (SSSR count). The minimum atomic E-state index is 0.418. The van der Waals surface area contributed by atoms with Crippen LogP contribution in [0.5, 0.6) is 5.75 Å². The van der Waals surface area contributed by atoms with Crippen LogP contribution >= 0.6 is 0 Å². The highest BCUT2D eigenvalue weighted by molar-refractivity contribution is 5.85. The van der Waals surface area contributed by atoms with Crippen LogP contribution in [0.4, 0.5) is 0 Å². The van der Waals surface area contributed by atoms with Gasteiger partial charge >= 0.3 is 0 Å². The van der Waals surface area contributed by atoms with Crippen LogP contribution in [0.25, 0.3) is 10.9 Å². The lowest BCUT2D eigenvalue weighted by Crippen LogP contribution is -1.90. The van der Waals surface area contributed by atoms with Crippen LogP contribution in [-0.4, -0.2) is 11.5 Å². The van der Waals surface area contributed by atoms with Crippen LogP contribution in [0.3, 0.4) is 0 Å². The number of hydrogen-bond donors (Lipinski definition) is 0. The lowest BCUT2D eigenvalue weighted by molar-refractivity contribution is -0.120. The number of rotatable bonds is 2. The van der Waals surface area contributed by atoms with Gasteiger partial charge in [-0.2, -0.15) is 0 Å². The molecule has 0 N–H and O–H groups in total. The average Bonchev–Trinajstić information content (AvgIpc) is 2.19. The summed E-state index contributed by atoms with van der Waals surface area (Å²) in [5, 5.41) is 0.845. The molecule has 64 valence electrons. The maximum atomic E-state index is 10.2. The molecule has 0 bridgehead atoms. The van der Waals surface area contributed by atoms with Gasteiger partial charge in [-0.3, -0.25) is 9.78 Å². The number of nitrogens with zero attached hydrogens (tertiary/aromatic N) is 1. The smallest absolute Gasteiger partial charge is 0.298 e. The number of fused-ring (bicyclic) bond motifs is 1. The van der Waals surface area contributed by atoms with Crippen molar-refractivity contribution in [3.8, 4) is 5.75 Å². The van der Waals surface area contributed by atoms with Crippen molar-refractivity contribution in [2.24, 2.45) is 0 Å². The van der Waals surface area contributed by atoms with E-state index in [-0.39, 0.29) is 0 Å². The van der Waals surface area contributed by atoms with Gasteiger partial charge in [-0.05, 0) is 18.2 Å². The number of carbonyl (C=O) groups is 1. The number of benzene rings is 1. The van der Waals surface area contributed by atoms with E-state index < -0.39 is 0 Å². The van der Waals surface area contributed by atoms with E-state index in [2.05, 4.69) is 4.98 Å². The van der Waals surface area contributed by atoms with Crippen molar-refractivity contribution >= 4 is 17.4 Å². The quantitative estimate of drug-likeness (QED) is 0.649. The summed E-state index contributed by atoms with van der Waals surface area (Å²) in [6, 6.07) is 9.16. The molecule has 3 nitrogen and oxygen atoms in total. The van der Waals surface area contributed by atoms with Crippen molar-refractivity contribution in [1.82, 2.24) is 4.98 Å². The van der Waals surface area contributed by atoms with Crippen LogP contribution in [0.1, 0.15) is 0 Å². The minimum Gasteiger partial charge on any atom is -0.428 e. The first-order valence-corrected chi connectivity index (χ1v) is 3.86. The largest absolute Gasteiger partial charge is 0.428 e. The fraction of sp³-hybridized carbons (Fsp3) is 0. The van der Waals surface area contributed by atoms with E-state index in [9.17, 15) is 4.79 Å². The molecule has 1 aromatic heterocycles. The molecule has 3 heteroatoms. The Kier molecular flexibility index (Phi) is 1.92. The average molecular weight is 173 g/mol. The lowest BCUT2D eigenvalue weighted by atomic mass is 10.2. The molecule has 0 fully saturated rings. The SMILES string of the molecule is O=COc1ccnc2ccccc12. The van der Waals surface area contributed by atoms with Crippen LogP contribution in [0.15, 0.2) is 36.5 Å². The first-order valence-electron chi connectivity index (χ1n) is 3.86. The highest BCUT2D eigenvalue weighted by Crippen LogP contribution is 2.22. The van der Waals surface area contributed by atoms with Gasteiger partial charge in [0.15, 0.2) is 0 Å². The minimum absolute atomic E-state index is 0.418. The van der Waals surface area contributed by atoms with Crippen molar-refractivity contribution in [3.63, 3.8) is 0 Å². The van der Waals surface area contributed by atoms with E-state index in [1.807, 2.05) is 24.3 Å².